The number of aromatic nitrogens is 2. The van der Waals surface area contributed by atoms with Gasteiger partial charge in [0.15, 0.2) is 0 Å². The molecule has 16 heavy (non-hydrogen) atoms. The van der Waals surface area contributed by atoms with Crippen molar-refractivity contribution in [2.75, 3.05) is 6.61 Å². The molecule has 2 rings (SSSR count). The summed E-state index contributed by atoms with van der Waals surface area (Å²) in [6.45, 7) is 0.619. The van der Waals surface area contributed by atoms with E-state index in [2.05, 4.69) is 38.0 Å². The minimum Gasteiger partial charge on any atom is -0.477 e. The van der Waals surface area contributed by atoms with Crippen LogP contribution < -0.4 is 4.74 Å². The van der Waals surface area contributed by atoms with Crippen molar-refractivity contribution in [2.45, 2.75) is 6.42 Å². The lowest BCUT2D eigenvalue weighted by Crippen LogP contribution is -2.02. The van der Waals surface area contributed by atoms with Gasteiger partial charge in [-0.15, -0.1) is 0 Å². The molecule has 3 nitrogen and oxygen atoms in total. The Hall–Kier alpha value is -1.42. The minimum atomic E-state index is 0.616. The maximum absolute atomic E-state index is 5.48. The molecule has 82 valence electrons. The van der Waals surface area contributed by atoms with Crippen LogP contribution in [0.5, 0.6) is 5.88 Å². The molecule has 0 saturated heterocycles. The van der Waals surface area contributed by atoms with Crippen LogP contribution in [0.1, 0.15) is 5.56 Å². The average molecular weight is 279 g/mol. The molecule has 0 N–H and O–H groups in total. The van der Waals surface area contributed by atoms with Gasteiger partial charge >= 0.3 is 0 Å². The number of hydrogen-bond acceptors (Lipinski definition) is 3. The van der Waals surface area contributed by atoms with Crippen LogP contribution in [-0.4, -0.2) is 16.6 Å². The molecule has 2 aromatic rings. The summed E-state index contributed by atoms with van der Waals surface area (Å²) in [6.07, 6.45) is 4.01. The van der Waals surface area contributed by atoms with Crippen LogP contribution in [0.15, 0.2) is 47.3 Å². The molecule has 0 fully saturated rings. The zero-order valence-corrected chi connectivity index (χ0v) is 10.2. The first-order chi connectivity index (χ1) is 7.84. The zero-order chi connectivity index (χ0) is 11.2. The van der Waals surface area contributed by atoms with Gasteiger partial charge in [0.25, 0.3) is 0 Å². The Morgan fingerprint density at radius 2 is 2.19 bits per heavy atom. The molecule has 1 aromatic carbocycles. The Morgan fingerprint density at radius 1 is 1.25 bits per heavy atom. The zero-order valence-electron chi connectivity index (χ0n) is 8.64. The van der Waals surface area contributed by atoms with E-state index >= 15 is 0 Å². The molecule has 0 atom stereocenters. The summed E-state index contributed by atoms with van der Waals surface area (Å²) in [5.74, 6) is 0.616. The Kier molecular flexibility index (Phi) is 3.88. The Morgan fingerprint density at radius 3 is 2.94 bits per heavy atom. The Bertz CT molecular complexity index is 448. The van der Waals surface area contributed by atoms with Crippen LogP contribution in [0.25, 0.3) is 0 Å². The first kappa shape index (κ1) is 11.1. The molecule has 0 unspecified atom stereocenters. The summed E-state index contributed by atoms with van der Waals surface area (Å²) in [6, 6.07) is 9.94. The summed E-state index contributed by atoms with van der Waals surface area (Å²) < 4.78 is 6.57. The van der Waals surface area contributed by atoms with Gasteiger partial charge in [0.1, 0.15) is 6.33 Å². The lowest BCUT2D eigenvalue weighted by atomic mass is 10.2. The van der Waals surface area contributed by atoms with Crippen molar-refractivity contribution in [1.82, 2.24) is 9.97 Å². The van der Waals surface area contributed by atoms with E-state index in [1.54, 1.807) is 12.3 Å². The highest BCUT2D eigenvalue weighted by atomic mass is 79.9. The van der Waals surface area contributed by atoms with Gasteiger partial charge in [0, 0.05) is 23.2 Å². The normalized spacial score (nSPS) is 10.1. The molecular weight excluding hydrogens is 268 g/mol. The van der Waals surface area contributed by atoms with Crippen molar-refractivity contribution in [3.63, 3.8) is 0 Å². The molecule has 1 aromatic heterocycles. The third kappa shape index (κ3) is 3.31. The van der Waals surface area contributed by atoms with E-state index in [1.165, 1.54) is 11.9 Å². The van der Waals surface area contributed by atoms with E-state index in [9.17, 15) is 0 Å². The van der Waals surface area contributed by atoms with Gasteiger partial charge in [0.05, 0.1) is 6.61 Å². The number of halogens is 1. The van der Waals surface area contributed by atoms with Gasteiger partial charge in [-0.25, -0.2) is 9.97 Å². The highest BCUT2D eigenvalue weighted by Crippen LogP contribution is 2.12. The van der Waals surface area contributed by atoms with Crippen molar-refractivity contribution in [3.8, 4) is 5.88 Å². The largest absolute Gasteiger partial charge is 0.477 e. The van der Waals surface area contributed by atoms with Crippen molar-refractivity contribution in [1.29, 1.82) is 0 Å². The maximum atomic E-state index is 5.48. The molecule has 0 bridgehead atoms. The molecule has 0 aliphatic heterocycles. The van der Waals surface area contributed by atoms with Gasteiger partial charge in [-0.2, -0.15) is 0 Å². The Balaban J connectivity index is 1.85. The van der Waals surface area contributed by atoms with Crippen LogP contribution in [0.3, 0.4) is 0 Å². The quantitative estimate of drug-likeness (QED) is 0.863. The van der Waals surface area contributed by atoms with Crippen molar-refractivity contribution < 1.29 is 4.74 Å². The third-order valence-corrected chi connectivity index (χ3v) is 2.58. The molecule has 0 aliphatic carbocycles. The number of benzene rings is 1. The number of ether oxygens (including phenoxy) is 1. The van der Waals surface area contributed by atoms with E-state index in [4.69, 9.17) is 4.74 Å². The van der Waals surface area contributed by atoms with Crippen molar-refractivity contribution >= 4 is 15.9 Å². The van der Waals surface area contributed by atoms with Crippen LogP contribution in [-0.2, 0) is 6.42 Å². The lowest BCUT2D eigenvalue weighted by molar-refractivity contribution is 0.309. The number of rotatable bonds is 4. The second kappa shape index (κ2) is 5.61. The van der Waals surface area contributed by atoms with E-state index < -0.39 is 0 Å². The van der Waals surface area contributed by atoms with Gasteiger partial charge < -0.3 is 4.74 Å². The maximum Gasteiger partial charge on any atom is 0.216 e. The van der Waals surface area contributed by atoms with Crippen LogP contribution in [0.2, 0.25) is 0 Å². The molecular formula is C12H11BrN2O. The average Bonchev–Trinajstić information content (AvgIpc) is 2.30. The first-order valence-corrected chi connectivity index (χ1v) is 5.77. The number of nitrogens with zero attached hydrogens (tertiary/aromatic N) is 2. The van der Waals surface area contributed by atoms with E-state index in [-0.39, 0.29) is 0 Å². The highest BCUT2D eigenvalue weighted by Gasteiger charge is 1.96. The van der Waals surface area contributed by atoms with E-state index in [1.807, 2.05) is 12.1 Å². The molecule has 0 aliphatic rings. The Labute approximate surface area is 103 Å². The summed E-state index contributed by atoms with van der Waals surface area (Å²) in [5, 5.41) is 0. The molecule has 0 spiro atoms. The highest BCUT2D eigenvalue weighted by molar-refractivity contribution is 9.10. The van der Waals surface area contributed by atoms with Crippen LogP contribution >= 0.6 is 15.9 Å². The van der Waals surface area contributed by atoms with Crippen molar-refractivity contribution in [2.24, 2.45) is 0 Å². The van der Waals surface area contributed by atoms with Crippen molar-refractivity contribution in [3.05, 3.63) is 52.9 Å². The summed E-state index contributed by atoms with van der Waals surface area (Å²) >= 11 is 3.44. The van der Waals surface area contributed by atoms with E-state index in [0.717, 1.165) is 10.9 Å². The summed E-state index contributed by atoms with van der Waals surface area (Å²) in [7, 11) is 0. The van der Waals surface area contributed by atoms with Gasteiger partial charge in [-0.1, -0.05) is 28.1 Å². The van der Waals surface area contributed by atoms with Gasteiger partial charge in [0.2, 0.25) is 5.88 Å². The molecule has 1 heterocycles. The third-order valence-electron chi connectivity index (χ3n) is 2.08. The van der Waals surface area contributed by atoms with Gasteiger partial charge in [-0.05, 0) is 17.7 Å². The lowest BCUT2D eigenvalue weighted by Gasteiger charge is -2.04. The predicted octanol–water partition coefficient (Wildman–Crippen LogP) is 2.86. The first-order valence-electron chi connectivity index (χ1n) is 4.98. The molecule has 0 radical (unpaired) electrons. The number of hydrogen-bond donors (Lipinski definition) is 0. The van der Waals surface area contributed by atoms with Crippen LogP contribution in [0.4, 0.5) is 0 Å². The molecule has 4 heteroatoms. The monoisotopic (exact) mass is 278 g/mol. The second-order valence-electron chi connectivity index (χ2n) is 3.28. The summed E-state index contributed by atoms with van der Waals surface area (Å²) in [5.41, 5.74) is 1.24. The standard InChI is InChI=1S/C12H11BrN2O/c13-11-3-1-2-10(8-11)5-7-16-12-4-6-14-9-15-12/h1-4,6,8-9H,5,7H2. The summed E-state index contributed by atoms with van der Waals surface area (Å²) in [4.78, 5) is 7.81. The SMILES string of the molecule is Brc1cccc(CCOc2ccncn2)c1. The topological polar surface area (TPSA) is 35.0 Å². The second-order valence-corrected chi connectivity index (χ2v) is 4.19. The predicted molar refractivity (Wildman–Crippen MR) is 65.4 cm³/mol. The fourth-order valence-corrected chi connectivity index (χ4v) is 1.78. The van der Waals surface area contributed by atoms with Gasteiger partial charge in [-0.3, -0.25) is 0 Å². The van der Waals surface area contributed by atoms with E-state index in [0.29, 0.717) is 12.5 Å². The fourth-order valence-electron chi connectivity index (χ4n) is 1.33. The smallest absolute Gasteiger partial charge is 0.216 e. The molecule has 0 saturated carbocycles. The fraction of sp³-hybridized carbons (Fsp3) is 0.167. The van der Waals surface area contributed by atoms with Crippen LogP contribution in [0, 0.1) is 0 Å². The minimum absolute atomic E-state index is 0.616. The molecule has 0 amide bonds.